The fourth-order valence-corrected chi connectivity index (χ4v) is 4.73. The van der Waals surface area contributed by atoms with Gasteiger partial charge in [0.2, 0.25) is 0 Å². The van der Waals surface area contributed by atoms with Crippen LogP contribution in [0.3, 0.4) is 0 Å². The number of rotatable bonds is 3. The van der Waals surface area contributed by atoms with Crippen LogP contribution in [0.4, 0.5) is 0 Å². The molecule has 0 amide bonds. The van der Waals surface area contributed by atoms with Gasteiger partial charge in [0, 0.05) is 16.0 Å². The van der Waals surface area contributed by atoms with Crippen LogP contribution in [0.1, 0.15) is 71.3 Å². The van der Waals surface area contributed by atoms with Gasteiger partial charge in [-0.3, -0.25) is 4.79 Å². The topological polar surface area (TPSA) is 29.1 Å². The Morgan fingerprint density at radius 1 is 0.871 bits per heavy atom. The van der Waals surface area contributed by atoms with Crippen LogP contribution >= 0.6 is 10.0 Å². The monoisotopic (exact) mass is 443 g/mol. The molecule has 0 aromatic heterocycles. The molecule has 2 nitrogen and oxygen atoms in total. The van der Waals surface area contributed by atoms with Crippen LogP contribution in [-0.2, 0) is 0 Å². The number of hydrogen-bond donors (Lipinski definition) is 1. The highest BCUT2D eigenvalue weighted by molar-refractivity contribution is 8.33. The number of aldehydes is 1. The van der Waals surface area contributed by atoms with Crippen molar-refractivity contribution in [2.75, 3.05) is 26.6 Å². The molecule has 0 heterocycles. The molecule has 0 aromatic rings. The van der Waals surface area contributed by atoms with Gasteiger partial charge >= 0.3 is 0 Å². The zero-order chi connectivity index (χ0) is 24.5. The third-order valence-corrected chi connectivity index (χ3v) is 9.18. The van der Waals surface area contributed by atoms with E-state index in [1.165, 1.54) is 4.90 Å². The van der Waals surface area contributed by atoms with Crippen LogP contribution in [0.2, 0.25) is 0 Å². The van der Waals surface area contributed by atoms with E-state index in [4.69, 9.17) is 0 Å². The lowest BCUT2D eigenvalue weighted by atomic mass is 10.0. The maximum atomic E-state index is 12.0. The van der Waals surface area contributed by atoms with Crippen molar-refractivity contribution in [3.05, 3.63) is 53.3 Å². The van der Waals surface area contributed by atoms with Crippen molar-refractivity contribution in [3.8, 4) is 11.1 Å². The second-order valence-corrected chi connectivity index (χ2v) is 14.8. The van der Waals surface area contributed by atoms with Gasteiger partial charge in [-0.25, -0.2) is 10.0 Å². The molecule has 0 fully saturated rings. The number of allylic oxidation sites excluding steroid dienone is 1. The smallest absolute Gasteiger partial charge is 0.151 e. The van der Waals surface area contributed by atoms with Crippen molar-refractivity contribution >= 4 is 22.4 Å². The number of nitrogens with one attached hydrogen (secondary N) is 1. The molecule has 0 saturated carbocycles. The summed E-state index contributed by atoms with van der Waals surface area (Å²) in [4.78, 5) is 13.2. The Hall–Kier alpha value is -1.80. The molecule has 0 aromatic carbocycles. The third kappa shape index (κ3) is 8.69. The summed E-state index contributed by atoms with van der Waals surface area (Å²) in [6, 6.07) is 10.2. The van der Waals surface area contributed by atoms with Crippen LogP contribution in [0.5, 0.6) is 0 Å². The first kappa shape index (κ1) is 29.2. The molecule has 0 spiro atoms. The summed E-state index contributed by atoms with van der Waals surface area (Å²) in [6.45, 7) is 17.5. The first-order chi connectivity index (χ1) is 14.2. The fraction of sp³-hybridized carbons (Fsp3) is 0.500. The van der Waals surface area contributed by atoms with Gasteiger partial charge in [-0.15, -0.1) is 5.73 Å². The molecule has 2 aliphatic rings. The lowest BCUT2D eigenvalue weighted by Gasteiger charge is -2.45. The van der Waals surface area contributed by atoms with Gasteiger partial charge in [-0.05, 0) is 67.0 Å². The Morgan fingerprint density at radius 3 is 1.65 bits per heavy atom. The molecule has 3 heteroatoms. The maximum Gasteiger partial charge on any atom is 0.151 e. The largest absolute Gasteiger partial charge is 0.323 e. The highest BCUT2D eigenvalue weighted by atomic mass is 32.3. The number of fused-ring (bicyclic) bond motifs is 1. The predicted molar refractivity (Wildman–Crippen MR) is 144 cm³/mol. The van der Waals surface area contributed by atoms with Crippen molar-refractivity contribution in [1.82, 2.24) is 5.32 Å². The molecule has 0 aliphatic heterocycles. The molecule has 2 aliphatic carbocycles. The average Bonchev–Trinajstić information content (AvgIpc) is 2.75. The van der Waals surface area contributed by atoms with Gasteiger partial charge in [-0.2, -0.15) is 0 Å². The number of carbonyl (C=O) groups is 1. The molecule has 0 saturated heterocycles. The Morgan fingerprint density at radius 2 is 1.29 bits per heavy atom. The van der Waals surface area contributed by atoms with E-state index in [1.807, 2.05) is 57.4 Å². The Balaban J connectivity index is 0.000000968. The van der Waals surface area contributed by atoms with Gasteiger partial charge in [0.25, 0.3) is 0 Å². The summed E-state index contributed by atoms with van der Waals surface area (Å²) in [5.41, 5.74) is 7.87. The third-order valence-electron chi connectivity index (χ3n) is 4.66. The van der Waals surface area contributed by atoms with E-state index in [0.717, 1.165) is 28.5 Å². The van der Waals surface area contributed by atoms with Crippen molar-refractivity contribution < 1.29 is 4.79 Å². The van der Waals surface area contributed by atoms with E-state index in [0.29, 0.717) is 5.41 Å². The number of carbonyl (C=O) groups excluding carboxylic acids is 1. The molecule has 0 bridgehead atoms. The van der Waals surface area contributed by atoms with Gasteiger partial charge < -0.3 is 5.32 Å². The predicted octanol–water partition coefficient (Wildman–Crippen LogP) is 7.90. The van der Waals surface area contributed by atoms with Gasteiger partial charge in [-0.1, -0.05) is 78.8 Å². The fourth-order valence-electron chi connectivity index (χ4n) is 2.69. The van der Waals surface area contributed by atoms with Crippen LogP contribution in [0.25, 0.3) is 17.2 Å². The second kappa shape index (κ2) is 12.3. The normalized spacial score (nSPS) is 11.9. The highest BCUT2D eigenvalue weighted by Crippen LogP contribution is 2.64. The minimum Gasteiger partial charge on any atom is -0.323 e. The highest BCUT2D eigenvalue weighted by Gasteiger charge is 2.36. The summed E-state index contributed by atoms with van der Waals surface area (Å²) in [7, 11) is 2.57. The van der Waals surface area contributed by atoms with E-state index < -0.39 is 10.0 Å². The lowest BCUT2D eigenvalue weighted by molar-refractivity contribution is 0.112. The van der Waals surface area contributed by atoms with E-state index in [1.54, 1.807) is 0 Å². The first-order valence-electron chi connectivity index (χ1n) is 10.9. The zero-order valence-electron chi connectivity index (χ0n) is 21.9. The molecule has 0 radical (unpaired) electrons. The van der Waals surface area contributed by atoms with E-state index in [9.17, 15) is 4.79 Å². The van der Waals surface area contributed by atoms with Crippen LogP contribution in [-0.4, -0.2) is 37.6 Å². The van der Waals surface area contributed by atoms with Crippen molar-refractivity contribution in [2.45, 2.75) is 65.0 Å². The minimum atomic E-state index is -1.18. The van der Waals surface area contributed by atoms with Gasteiger partial charge in [0.15, 0.2) is 6.29 Å². The summed E-state index contributed by atoms with van der Waals surface area (Å²) >= 11 is 0. The van der Waals surface area contributed by atoms with Crippen LogP contribution in [0, 0.1) is 5.41 Å². The molecule has 0 unspecified atom stereocenters. The standard InChI is InChI=1S/C21H26OS.C5H12.C2H7N/c1-7-8-12-18-16-13-10-9-11-14-17(16)19(15-22)20(18)23(5,6)21(2,3)4;1-5(2,3)4;1-3-2/h7,9-15H,1-6H3;1-4H3;3H,1-2H3. The van der Waals surface area contributed by atoms with Crippen molar-refractivity contribution in [2.24, 2.45) is 5.41 Å². The molecular weight excluding hydrogens is 398 g/mol. The Kier molecular flexibility index (Phi) is 11.6. The van der Waals surface area contributed by atoms with Gasteiger partial charge in [0.1, 0.15) is 0 Å². The van der Waals surface area contributed by atoms with Crippen molar-refractivity contribution in [3.63, 3.8) is 0 Å². The molecule has 2 rings (SSSR count). The zero-order valence-corrected chi connectivity index (χ0v) is 22.8. The first-order valence-corrected chi connectivity index (χ1v) is 13.3. The van der Waals surface area contributed by atoms with Gasteiger partial charge in [0.05, 0.1) is 0 Å². The summed E-state index contributed by atoms with van der Waals surface area (Å²) < 4.78 is 0.107. The van der Waals surface area contributed by atoms with E-state index in [-0.39, 0.29) is 4.75 Å². The SMILES string of the molecule is CC(C)(C)C.CC=C=Cc1c2cccccc-2c(C=O)c1S(C)(C)C(C)(C)C.CNC. The molecule has 174 valence electrons. The lowest BCUT2D eigenvalue weighted by Crippen LogP contribution is -2.24. The molecule has 31 heavy (non-hydrogen) atoms. The average molecular weight is 444 g/mol. The van der Waals surface area contributed by atoms with Crippen LogP contribution in [0.15, 0.2) is 47.0 Å². The Bertz CT molecular complexity index is 854. The van der Waals surface area contributed by atoms with Crippen LogP contribution < -0.4 is 5.32 Å². The summed E-state index contributed by atoms with van der Waals surface area (Å²) in [6.07, 6.45) is 9.59. The van der Waals surface area contributed by atoms with Crippen molar-refractivity contribution in [1.29, 1.82) is 0 Å². The summed E-state index contributed by atoms with van der Waals surface area (Å²) in [5.74, 6) is 0. The molecular formula is C28H45NOS. The second-order valence-electron chi connectivity index (χ2n) is 10.6. The maximum absolute atomic E-state index is 12.0. The van der Waals surface area contributed by atoms with E-state index >= 15 is 0 Å². The number of hydrogen-bond acceptors (Lipinski definition) is 2. The quantitative estimate of drug-likeness (QED) is 0.386. The van der Waals surface area contributed by atoms with E-state index in [2.05, 4.69) is 78.1 Å². The minimum absolute atomic E-state index is 0.107. The Labute approximate surface area is 193 Å². The molecule has 0 atom stereocenters. The molecule has 1 N–H and O–H groups in total. The summed E-state index contributed by atoms with van der Waals surface area (Å²) in [5, 5.41) is 2.75.